The lowest BCUT2D eigenvalue weighted by Gasteiger charge is -2.17. The second-order valence-corrected chi connectivity index (χ2v) is 8.08. The Hall–Kier alpha value is -2.54. The molecule has 0 saturated heterocycles. The van der Waals surface area contributed by atoms with Crippen LogP contribution in [0.4, 0.5) is 0 Å². The van der Waals surface area contributed by atoms with Crippen molar-refractivity contribution in [2.45, 2.75) is 31.7 Å². The van der Waals surface area contributed by atoms with Gasteiger partial charge in [-0.05, 0) is 56.7 Å². The van der Waals surface area contributed by atoms with Gasteiger partial charge in [-0.25, -0.2) is 8.42 Å². The van der Waals surface area contributed by atoms with Crippen molar-refractivity contribution < 1.29 is 22.7 Å². The Labute approximate surface area is 160 Å². The van der Waals surface area contributed by atoms with Crippen LogP contribution < -0.4 is 14.8 Å². The summed E-state index contributed by atoms with van der Waals surface area (Å²) in [6.07, 6.45) is 1.11. The van der Waals surface area contributed by atoms with Crippen molar-refractivity contribution >= 4 is 15.7 Å². The Bertz CT molecular complexity index is 908. The minimum absolute atomic E-state index is 0.113. The summed E-state index contributed by atoms with van der Waals surface area (Å²) >= 11 is 0. The second kappa shape index (κ2) is 8.90. The van der Waals surface area contributed by atoms with Gasteiger partial charge in [-0.2, -0.15) is 0 Å². The minimum Gasteiger partial charge on any atom is -0.490 e. The third kappa shape index (κ3) is 5.47. The van der Waals surface area contributed by atoms with E-state index in [1.54, 1.807) is 12.1 Å². The quantitative estimate of drug-likeness (QED) is 0.746. The lowest BCUT2D eigenvalue weighted by atomic mass is 10.1. The van der Waals surface area contributed by atoms with E-state index in [1.165, 1.54) is 12.1 Å². The van der Waals surface area contributed by atoms with Crippen molar-refractivity contribution in [2.75, 3.05) is 19.5 Å². The molecule has 2 aromatic carbocycles. The van der Waals surface area contributed by atoms with Crippen LogP contribution in [0.15, 0.2) is 47.4 Å². The maximum atomic E-state index is 12.5. The maximum absolute atomic E-state index is 12.5. The highest BCUT2D eigenvalue weighted by Gasteiger charge is 2.16. The Balaban J connectivity index is 2.20. The third-order valence-electron chi connectivity index (χ3n) is 3.94. The molecule has 0 aromatic heterocycles. The number of ether oxygens (including phenoxy) is 2. The van der Waals surface area contributed by atoms with Gasteiger partial charge in [-0.1, -0.05) is 12.1 Å². The van der Waals surface area contributed by atoms with Crippen LogP contribution in [0.3, 0.4) is 0 Å². The molecule has 0 unspecified atom stereocenters. The van der Waals surface area contributed by atoms with E-state index in [0.717, 1.165) is 11.8 Å². The number of nitrogens with one attached hydrogen (secondary N) is 1. The number of rotatable bonds is 8. The molecule has 2 aromatic rings. The topological polar surface area (TPSA) is 81.7 Å². The monoisotopic (exact) mass is 391 g/mol. The lowest BCUT2D eigenvalue weighted by molar-refractivity contribution is 0.0939. The molecule has 0 fully saturated rings. The number of carbonyl (C=O) groups excluding carboxylic acids is 1. The fourth-order valence-corrected chi connectivity index (χ4v) is 3.24. The van der Waals surface area contributed by atoms with Crippen molar-refractivity contribution in [3.63, 3.8) is 0 Å². The molecule has 0 bridgehead atoms. The van der Waals surface area contributed by atoms with Gasteiger partial charge in [0.15, 0.2) is 21.3 Å². The number of carbonyl (C=O) groups is 1. The standard InChI is InChI=1S/C20H25NO5S/c1-5-25-18-11-10-15(13-19(18)26-6-2)14(3)21-20(22)16-8-7-9-17(12-16)27(4,23)24/h7-14H,5-6H2,1-4H3,(H,21,22)/t14-/m1/s1. The third-order valence-corrected chi connectivity index (χ3v) is 5.05. The van der Waals surface area contributed by atoms with Crippen molar-refractivity contribution in [1.29, 1.82) is 0 Å². The first-order valence-corrected chi connectivity index (χ1v) is 10.7. The molecule has 1 N–H and O–H groups in total. The van der Waals surface area contributed by atoms with Crippen molar-refractivity contribution in [2.24, 2.45) is 0 Å². The first-order chi connectivity index (χ1) is 12.8. The van der Waals surface area contributed by atoms with Gasteiger partial charge in [-0.3, -0.25) is 4.79 Å². The normalized spacial score (nSPS) is 12.3. The highest BCUT2D eigenvalue weighted by Crippen LogP contribution is 2.30. The molecular weight excluding hydrogens is 366 g/mol. The van der Waals surface area contributed by atoms with Crippen LogP contribution in [0.5, 0.6) is 11.5 Å². The largest absolute Gasteiger partial charge is 0.490 e. The zero-order valence-electron chi connectivity index (χ0n) is 16.0. The second-order valence-electron chi connectivity index (χ2n) is 6.07. The number of amides is 1. The molecule has 146 valence electrons. The summed E-state index contributed by atoms with van der Waals surface area (Å²) in [5, 5.41) is 2.88. The Morgan fingerprint density at radius 3 is 2.33 bits per heavy atom. The van der Waals surface area contributed by atoms with E-state index in [4.69, 9.17) is 9.47 Å². The van der Waals surface area contributed by atoms with Crippen molar-refractivity contribution in [3.8, 4) is 11.5 Å². The van der Waals surface area contributed by atoms with Gasteiger partial charge < -0.3 is 14.8 Å². The molecule has 0 saturated carbocycles. The van der Waals surface area contributed by atoms with E-state index in [9.17, 15) is 13.2 Å². The summed E-state index contributed by atoms with van der Waals surface area (Å²) in [4.78, 5) is 12.6. The predicted octanol–water partition coefficient (Wildman–Crippen LogP) is 3.38. The summed E-state index contributed by atoms with van der Waals surface area (Å²) in [6.45, 7) is 6.67. The molecule has 7 heteroatoms. The fourth-order valence-electron chi connectivity index (χ4n) is 2.57. The first kappa shape index (κ1) is 20.8. The van der Waals surface area contributed by atoms with E-state index in [0.29, 0.717) is 30.3 Å². The molecule has 0 radical (unpaired) electrons. The van der Waals surface area contributed by atoms with Crippen LogP contribution in [0, 0.1) is 0 Å². The molecule has 1 amide bonds. The molecule has 0 aliphatic heterocycles. The number of sulfone groups is 1. The first-order valence-electron chi connectivity index (χ1n) is 8.76. The van der Waals surface area contributed by atoms with Crippen LogP contribution in [0.25, 0.3) is 0 Å². The van der Waals surface area contributed by atoms with Crippen LogP contribution in [0.2, 0.25) is 0 Å². The molecule has 2 rings (SSSR count). The Morgan fingerprint density at radius 2 is 1.70 bits per heavy atom. The number of benzene rings is 2. The molecular formula is C20H25NO5S. The maximum Gasteiger partial charge on any atom is 0.251 e. The van der Waals surface area contributed by atoms with Gasteiger partial charge in [0.25, 0.3) is 5.91 Å². The van der Waals surface area contributed by atoms with E-state index in [2.05, 4.69) is 5.32 Å². The van der Waals surface area contributed by atoms with E-state index >= 15 is 0 Å². The Kier molecular flexibility index (Phi) is 6.85. The SMILES string of the molecule is CCOc1ccc([C@@H](C)NC(=O)c2cccc(S(C)(=O)=O)c2)cc1OCC. The number of hydrogen-bond acceptors (Lipinski definition) is 5. The Morgan fingerprint density at radius 1 is 1.04 bits per heavy atom. The fraction of sp³-hybridized carbons (Fsp3) is 0.350. The van der Waals surface area contributed by atoms with Gasteiger partial charge >= 0.3 is 0 Å². The predicted molar refractivity (Wildman–Crippen MR) is 104 cm³/mol. The molecule has 1 atom stereocenters. The number of hydrogen-bond donors (Lipinski definition) is 1. The molecule has 27 heavy (non-hydrogen) atoms. The van der Waals surface area contributed by atoms with Gasteiger partial charge in [0.05, 0.1) is 24.2 Å². The molecule has 0 spiro atoms. The smallest absolute Gasteiger partial charge is 0.251 e. The van der Waals surface area contributed by atoms with E-state index in [-0.39, 0.29) is 16.8 Å². The van der Waals surface area contributed by atoms with Gasteiger partial charge in [0.2, 0.25) is 0 Å². The zero-order valence-corrected chi connectivity index (χ0v) is 16.8. The minimum atomic E-state index is -3.37. The van der Waals surface area contributed by atoms with Gasteiger partial charge in [-0.15, -0.1) is 0 Å². The average molecular weight is 391 g/mol. The van der Waals surface area contributed by atoms with E-state index < -0.39 is 9.84 Å². The summed E-state index contributed by atoms with van der Waals surface area (Å²) in [7, 11) is -3.37. The van der Waals surface area contributed by atoms with Crippen LogP contribution in [-0.2, 0) is 9.84 Å². The van der Waals surface area contributed by atoms with Gasteiger partial charge in [0.1, 0.15) is 0 Å². The highest BCUT2D eigenvalue weighted by atomic mass is 32.2. The summed E-state index contributed by atoms with van der Waals surface area (Å²) in [5.41, 5.74) is 1.15. The van der Waals surface area contributed by atoms with E-state index in [1.807, 2.05) is 39.0 Å². The van der Waals surface area contributed by atoms with Crippen LogP contribution >= 0.6 is 0 Å². The summed E-state index contributed by atoms with van der Waals surface area (Å²) in [5.74, 6) is 0.930. The molecule has 0 aliphatic carbocycles. The van der Waals surface area contributed by atoms with Crippen molar-refractivity contribution in [3.05, 3.63) is 53.6 Å². The lowest BCUT2D eigenvalue weighted by Crippen LogP contribution is -2.26. The van der Waals surface area contributed by atoms with Crippen LogP contribution in [-0.4, -0.2) is 33.8 Å². The van der Waals surface area contributed by atoms with Crippen molar-refractivity contribution in [1.82, 2.24) is 5.32 Å². The highest BCUT2D eigenvalue weighted by molar-refractivity contribution is 7.90. The average Bonchev–Trinajstić information content (AvgIpc) is 2.63. The zero-order chi connectivity index (χ0) is 20.0. The molecule has 6 nitrogen and oxygen atoms in total. The van der Waals surface area contributed by atoms with Crippen LogP contribution in [0.1, 0.15) is 42.7 Å². The molecule has 0 heterocycles. The summed E-state index contributed by atoms with van der Waals surface area (Å²) in [6, 6.07) is 11.2. The summed E-state index contributed by atoms with van der Waals surface area (Å²) < 4.78 is 34.5. The van der Waals surface area contributed by atoms with Gasteiger partial charge in [0, 0.05) is 11.8 Å². The molecule has 0 aliphatic rings.